The highest BCUT2D eigenvalue weighted by Gasteiger charge is 2.07. The zero-order valence-corrected chi connectivity index (χ0v) is 12.1. The molecule has 1 aromatic rings. The Bertz CT molecular complexity index is 432. The Morgan fingerprint density at radius 2 is 2.05 bits per heavy atom. The highest BCUT2D eigenvalue weighted by atomic mass is 32.1. The number of ether oxygens (including phenoxy) is 1. The molecule has 0 heterocycles. The molecule has 0 saturated heterocycles. The van der Waals surface area contributed by atoms with Crippen molar-refractivity contribution in [2.45, 2.75) is 26.7 Å². The molecule has 104 valence electrons. The van der Waals surface area contributed by atoms with Gasteiger partial charge >= 0.3 is 0 Å². The van der Waals surface area contributed by atoms with E-state index in [1.165, 1.54) is 0 Å². The zero-order valence-electron chi connectivity index (χ0n) is 11.3. The molecule has 0 saturated carbocycles. The van der Waals surface area contributed by atoms with E-state index in [1.54, 1.807) is 24.3 Å². The predicted molar refractivity (Wildman–Crippen MR) is 81.4 cm³/mol. The van der Waals surface area contributed by atoms with Crippen LogP contribution in [0.25, 0.3) is 0 Å². The number of carbonyl (C=O) groups excluding carboxylic acids is 1. The van der Waals surface area contributed by atoms with Crippen LogP contribution in [0.15, 0.2) is 24.3 Å². The van der Waals surface area contributed by atoms with E-state index >= 15 is 0 Å². The van der Waals surface area contributed by atoms with Crippen LogP contribution in [0, 0.1) is 5.92 Å². The summed E-state index contributed by atoms with van der Waals surface area (Å²) in [5.41, 5.74) is 6.11. The summed E-state index contributed by atoms with van der Waals surface area (Å²) in [5.74, 6) is 1.10. The summed E-state index contributed by atoms with van der Waals surface area (Å²) in [6, 6.07) is 7.14. The summed E-state index contributed by atoms with van der Waals surface area (Å²) in [6.45, 7) is 4.35. The fraction of sp³-hybridized carbons (Fsp3) is 0.429. The Morgan fingerprint density at radius 1 is 1.42 bits per heavy atom. The quantitative estimate of drug-likeness (QED) is 0.754. The van der Waals surface area contributed by atoms with Gasteiger partial charge in [-0.2, -0.15) is 0 Å². The number of benzene rings is 1. The molecule has 1 unspecified atom stereocenters. The number of hydrogen-bond donors (Lipinski definition) is 2. The molecule has 19 heavy (non-hydrogen) atoms. The van der Waals surface area contributed by atoms with E-state index in [0.29, 0.717) is 23.1 Å². The van der Waals surface area contributed by atoms with Crippen molar-refractivity contribution in [1.29, 1.82) is 0 Å². The van der Waals surface area contributed by atoms with Gasteiger partial charge in [-0.25, -0.2) is 0 Å². The van der Waals surface area contributed by atoms with Crippen molar-refractivity contribution >= 4 is 28.8 Å². The largest absolute Gasteiger partial charge is 0.487 e. The summed E-state index contributed by atoms with van der Waals surface area (Å²) in [4.78, 5) is 12.0. The second-order valence-corrected chi connectivity index (χ2v) is 5.07. The molecule has 0 spiro atoms. The van der Waals surface area contributed by atoms with Crippen molar-refractivity contribution in [3.63, 3.8) is 0 Å². The fourth-order valence-electron chi connectivity index (χ4n) is 1.46. The van der Waals surface area contributed by atoms with Crippen LogP contribution in [0.3, 0.4) is 0 Å². The molecule has 5 heteroatoms. The van der Waals surface area contributed by atoms with Crippen LogP contribution in [0.4, 0.5) is 5.69 Å². The minimum Gasteiger partial charge on any atom is -0.487 e. The fourth-order valence-corrected chi connectivity index (χ4v) is 1.52. The highest BCUT2D eigenvalue weighted by Crippen LogP contribution is 2.16. The van der Waals surface area contributed by atoms with Crippen molar-refractivity contribution in [1.82, 2.24) is 0 Å². The molecule has 1 aromatic carbocycles. The van der Waals surface area contributed by atoms with Gasteiger partial charge in [-0.1, -0.05) is 32.5 Å². The number of thiocarbonyl (C=S) groups is 1. The van der Waals surface area contributed by atoms with Gasteiger partial charge in [0, 0.05) is 12.1 Å². The van der Waals surface area contributed by atoms with Crippen LogP contribution >= 0.6 is 12.2 Å². The molecule has 1 atom stereocenters. The summed E-state index contributed by atoms with van der Waals surface area (Å²) in [5, 5.41) is 2.85. The molecule has 0 aromatic heterocycles. The Kier molecular flexibility index (Phi) is 6.29. The lowest BCUT2D eigenvalue weighted by molar-refractivity contribution is -0.117. The molecule has 1 amide bonds. The first-order valence-electron chi connectivity index (χ1n) is 6.32. The third-order valence-electron chi connectivity index (χ3n) is 2.75. The van der Waals surface area contributed by atoms with Gasteiger partial charge in [0.25, 0.3) is 0 Å². The monoisotopic (exact) mass is 280 g/mol. The topological polar surface area (TPSA) is 64.3 Å². The van der Waals surface area contributed by atoms with E-state index in [4.69, 9.17) is 22.7 Å². The lowest BCUT2D eigenvalue weighted by Gasteiger charge is -2.10. The molecule has 0 fully saturated rings. The minimum atomic E-state index is 0.0335. The molecular weight excluding hydrogens is 260 g/mol. The standard InChI is InChI=1S/C14H20N2O2S/c1-3-10(2)8-14(17)16-11-4-6-12(7-5-11)18-9-13(15)19/h4-7,10H,3,8-9H2,1-2H3,(H2,15,19)(H,16,17). The number of rotatable bonds is 7. The van der Waals surface area contributed by atoms with Crippen LogP contribution in [-0.2, 0) is 4.79 Å². The molecule has 0 aliphatic carbocycles. The van der Waals surface area contributed by atoms with Gasteiger partial charge in [0.2, 0.25) is 5.91 Å². The average molecular weight is 280 g/mol. The maximum Gasteiger partial charge on any atom is 0.224 e. The summed E-state index contributed by atoms with van der Waals surface area (Å²) in [7, 11) is 0. The van der Waals surface area contributed by atoms with Gasteiger partial charge < -0.3 is 15.8 Å². The number of carbonyl (C=O) groups is 1. The number of anilines is 1. The van der Waals surface area contributed by atoms with Crippen LogP contribution in [0.5, 0.6) is 5.75 Å². The molecule has 0 radical (unpaired) electrons. The van der Waals surface area contributed by atoms with Crippen molar-refractivity contribution in [2.24, 2.45) is 11.7 Å². The minimum absolute atomic E-state index is 0.0335. The first kappa shape index (κ1) is 15.4. The second kappa shape index (κ2) is 7.74. The van der Waals surface area contributed by atoms with E-state index in [1.807, 2.05) is 0 Å². The van der Waals surface area contributed by atoms with E-state index in [-0.39, 0.29) is 12.5 Å². The van der Waals surface area contributed by atoms with Crippen LogP contribution in [-0.4, -0.2) is 17.5 Å². The molecule has 0 bridgehead atoms. The van der Waals surface area contributed by atoms with Crippen LogP contribution in [0.2, 0.25) is 0 Å². The van der Waals surface area contributed by atoms with Crippen molar-refractivity contribution in [3.8, 4) is 5.75 Å². The second-order valence-electron chi connectivity index (χ2n) is 4.55. The van der Waals surface area contributed by atoms with Gasteiger partial charge in [0.15, 0.2) is 0 Å². The molecule has 1 rings (SSSR count). The lowest BCUT2D eigenvalue weighted by Crippen LogP contribution is -2.18. The molecule has 0 aliphatic heterocycles. The summed E-state index contributed by atoms with van der Waals surface area (Å²) >= 11 is 4.72. The normalized spacial score (nSPS) is 11.7. The average Bonchev–Trinajstić information content (AvgIpc) is 2.37. The van der Waals surface area contributed by atoms with Gasteiger partial charge in [0.05, 0.1) is 0 Å². The lowest BCUT2D eigenvalue weighted by atomic mass is 10.1. The molecule has 0 aliphatic rings. The summed E-state index contributed by atoms with van der Waals surface area (Å²) < 4.78 is 5.33. The van der Waals surface area contributed by atoms with Gasteiger partial charge in [-0.05, 0) is 30.2 Å². The smallest absolute Gasteiger partial charge is 0.224 e. The van der Waals surface area contributed by atoms with E-state index in [9.17, 15) is 4.79 Å². The zero-order chi connectivity index (χ0) is 14.3. The highest BCUT2D eigenvalue weighted by molar-refractivity contribution is 7.80. The number of nitrogens with two attached hydrogens (primary N) is 1. The maximum atomic E-state index is 11.7. The van der Waals surface area contributed by atoms with Gasteiger partial charge in [-0.3, -0.25) is 4.79 Å². The predicted octanol–water partition coefficient (Wildman–Crippen LogP) is 2.73. The van der Waals surface area contributed by atoms with Crippen LogP contribution in [0.1, 0.15) is 26.7 Å². The van der Waals surface area contributed by atoms with E-state index < -0.39 is 0 Å². The van der Waals surface area contributed by atoms with Crippen molar-refractivity contribution < 1.29 is 9.53 Å². The summed E-state index contributed by atoms with van der Waals surface area (Å²) in [6.07, 6.45) is 1.54. The number of amides is 1. The van der Waals surface area contributed by atoms with Crippen molar-refractivity contribution in [2.75, 3.05) is 11.9 Å². The Balaban J connectivity index is 2.47. The first-order chi connectivity index (χ1) is 9.01. The number of hydrogen-bond acceptors (Lipinski definition) is 3. The SMILES string of the molecule is CCC(C)CC(=O)Nc1ccc(OCC(N)=S)cc1. The molecule has 3 N–H and O–H groups in total. The Labute approximate surface area is 119 Å². The Hall–Kier alpha value is -1.62. The third kappa shape index (κ3) is 6.20. The third-order valence-corrected chi connectivity index (χ3v) is 2.87. The van der Waals surface area contributed by atoms with E-state index in [2.05, 4.69) is 19.2 Å². The molecule has 4 nitrogen and oxygen atoms in total. The van der Waals surface area contributed by atoms with Crippen molar-refractivity contribution in [3.05, 3.63) is 24.3 Å². The molecular formula is C14H20N2O2S. The maximum absolute atomic E-state index is 11.7. The van der Waals surface area contributed by atoms with Gasteiger partial charge in [0.1, 0.15) is 17.3 Å². The van der Waals surface area contributed by atoms with Crippen LogP contribution < -0.4 is 15.8 Å². The van der Waals surface area contributed by atoms with E-state index in [0.717, 1.165) is 12.1 Å². The van der Waals surface area contributed by atoms with Gasteiger partial charge in [-0.15, -0.1) is 0 Å². The number of nitrogens with one attached hydrogen (secondary N) is 1. The Morgan fingerprint density at radius 3 is 2.58 bits per heavy atom. The first-order valence-corrected chi connectivity index (χ1v) is 6.73.